The SMILES string of the molecule is Cc1ccc(OCc2cccc(C(=O)Nc3cnn(C)c3C(=O)O)c2)c([N+](=O)[O-])c1. The van der Waals surface area contributed by atoms with Crippen LogP contribution in [-0.2, 0) is 13.7 Å². The zero-order chi connectivity index (χ0) is 21.8. The first-order chi connectivity index (χ1) is 14.3. The van der Waals surface area contributed by atoms with E-state index in [9.17, 15) is 24.8 Å². The summed E-state index contributed by atoms with van der Waals surface area (Å²) >= 11 is 0. The van der Waals surface area contributed by atoms with E-state index < -0.39 is 16.8 Å². The first kappa shape index (κ1) is 20.5. The summed E-state index contributed by atoms with van der Waals surface area (Å²) in [5, 5.41) is 26.8. The fourth-order valence-electron chi connectivity index (χ4n) is 2.83. The minimum absolute atomic E-state index is 0.0122. The Labute approximate surface area is 170 Å². The first-order valence-corrected chi connectivity index (χ1v) is 8.79. The molecule has 0 saturated carbocycles. The molecule has 0 radical (unpaired) electrons. The third kappa shape index (κ3) is 4.43. The highest BCUT2D eigenvalue weighted by Crippen LogP contribution is 2.28. The third-order valence-electron chi connectivity index (χ3n) is 4.28. The highest BCUT2D eigenvalue weighted by atomic mass is 16.6. The number of nitro groups is 1. The number of nitro benzene ring substituents is 1. The molecule has 0 atom stereocenters. The lowest BCUT2D eigenvalue weighted by atomic mass is 10.1. The molecule has 3 aromatic rings. The molecule has 3 rings (SSSR count). The van der Waals surface area contributed by atoms with Gasteiger partial charge in [-0.25, -0.2) is 4.79 Å². The van der Waals surface area contributed by atoms with E-state index >= 15 is 0 Å². The van der Waals surface area contributed by atoms with E-state index in [0.717, 1.165) is 10.2 Å². The number of aryl methyl sites for hydroxylation is 2. The summed E-state index contributed by atoms with van der Waals surface area (Å²) in [5.41, 5.74) is 1.42. The summed E-state index contributed by atoms with van der Waals surface area (Å²) in [6.07, 6.45) is 1.25. The van der Waals surface area contributed by atoms with Crippen LogP contribution in [0.1, 0.15) is 32.0 Å². The van der Waals surface area contributed by atoms with Gasteiger partial charge in [-0.1, -0.05) is 18.2 Å². The van der Waals surface area contributed by atoms with Gasteiger partial charge in [-0.05, 0) is 36.2 Å². The van der Waals surface area contributed by atoms with Gasteiger partial charge in [0.2, 0.25) is 0 Å². The Hall–Kier alpha value is -4.21. The van der Waals surface area contributed by atoms with Gasteiger partial charge in [0.1, 0.15) is 6.61 Å². The summed E-state index contributed by atoms with van der Waals surface area (Å²) < 4.78 is 6.73. The highest BCUT2D eigenvalue weighted by molar-refractivity contribution is 6.07. The number of aromatic nitrogens is 2. The number of carboxylic acid groups (broad SMARTS) is 1. The minimum atomic E-state index is -1.22. The lowest BCUT2D eigenvalue weighted by Crippen LogP contribution is -2.15. The van der Waals surface area contributed by atoms with Crippen molar-refractivity contribution in [3.8, 4) is 5.75 Å². The molecule has 1 aromatic heterocycles. The average Bonchev–Trinajstić information content (AvgIpc) is 3.07. The lowest BCUT2D eigenvalue weighted by molar-refractivity contribution is -0.386. The number of carbonyl (C=O) groups excluding carboxylic acids is 1. The van der Waals surface area contributed by atoms with Crippen molar-refractivity contribution in [3.63, 3.8) is 0 Å². The predicted octanol–water partition coefficient (Wildman–Crippen LogP) is 3.17. The van der Waals surface area contributed by atoms with Crippen LogP contribution in [0.2, 0.25) is 0 Å². The van der Waals surface area contributed by atoms with E-state index in [4.69, 9.17) is 4.74 Å². The second-order valence-electron chi connectivity index (χ2n) is 6.51. The molecule has 30 heavy (non-hydrogen) atoms. The summed E-state index contributed by atoms with van der Waals surface area (Å²) in [6.45, 7) is 1.76. The Morgan fingerprint density at radius 2 is 2.03 bits per heavy atom. The molecule has 0 bridgehead atoms. The van der Waals surface area contributed by atoms with E-state index in [-0.39, 0.29) is 35.0 Å². The van der Waals surface area contributed by atoms with Crippen LogP contribution < -0.4 is 10.1 Å². The van der Waals surface area contributed by atoms with Crippen molar-refractivity contribution in [2.45, 2.75) is 13.5 Å². The molecular formula is C20H18N4O6. The molecule has 0 spiro atoms. The topological polar surface area (TPSA) is 137 Å². The quantitative estimate of drug-likeness (QED) is 0.451. The van der Waals surface area contributed by atoms with E-state index in [0.29, 0.717) is 5.56 Å². The predicted molar refractivity (Wildman–Crippen MR) is 107 cm³/mol. The number of carboxylic acids is 1. The number of amides is 1. The number of nitrogens with one attached hydrogen (secondary N) is 1. The van der Waals surface area contributed by atoms with Crippen LogP contribution in [0.5, 0.6) is 5.75 Å². The normalized spacial score (nSPS) is 10.5. The Morgan fingerprint density at radius 3 is 2.73 bits per heavy atom. The van der Waals surface area contributed by atoms with Gasteiger partial charge in [0.25, 0.3) is 5.91 Å². The van der Waals surface area contributed by atoms with Gasteiger partial charge in [0.05, 0.1) is 16.8 Å². The second kappa shape index (κ2) is 8.43. The molecule has 0 aliphatic carbocycles. The van der Waals surface area contributed by atoms with Gasteiger partial charge in [0, 0.05) is 18.7 Å². The highest BCUT2D eigenvalue weighted by Gasteiger charge is 2.19. The molecular weight excluding hydrogens is 392 g/mol. The number of anilines is 1. The minimum Gasteiger partial charge on any atom is -0.482 e. The summed E-state index contributed by atoms with van der Waals surface area (Å²) in [4.78, 5) is 34.5. The molecule has 0 fully saturated rings. The molecule has 10 heteroatoms. The van der Waals surface area contributed by atoms with Crippen LogP contribution in [0, 0.1) is 17.0 Å². The maximum absolute atomic E-state index is 12.5. The lowest BCUT2D eigenvalue weighted by Gasteiger charge is -2.09. The van der Waals surface area contributed by atoms with Gasteiger partial charge in [-0.15, -0.1) is 0 Å². The van der Waals surface area contributed by atoms with E-state index in [1.54, 1.807) is 37.3 Å². The number of nitrogens with zero attached hydrogens (tertiary/aromatic N) is 3. The van der Waals surface area contributed by atoms with Gasteiger partial charge < -0.3 is 15.2 Å². The monoisotopic (exact) mass is 410 g/mol. The van der Waals surface area contributed by atoms with Crippen LogP contribution >= 0.6 is 0 Å². The van der Waals surface area contributed by atoms with Crippen LogP contribution in [0.3, 0.4) is 0 Å². The maximum Gasteiger partial charge on any atom is 0.356 e. The fourth-order valence-corrected chi connectivity index (χ4v) is 2.83. The molecule has 1 amide bonds. The molecule has 154 valence electrons. The molecule has 1 heterocycles. The number of benzene rings is 2. The van der Waals surface area contributed by atoms with Crippen molar-refractivity contribution in [1.29, 1.82) is 0 Å². The molecule has 0 aliphatic heterocycles. The van der Waals surface area contributed by atoms with Crippen molar-refractivity contribution in [3.05, 3.63) is 81.2 Å². The number of aromatic carboxylic acids is 1. The van der Waals surface area contributed by atoms with Crippen molar-refractivity contribution >= 4 is 23.3 Å². The Bertz CT molecular complexity index is 1140. The number of ether oxygens (including phenoxy) is 1. The van der Waals surface area contributed by atoms with Crippen LogP contribution in [0.4, 0.5) is 11.4 Å². The maximum atomic E-state index is 12.5. The third-order valence-corrected chi connectivity index (χ3v) is 4.28. The van der Waals surface area contributed by atoms with Crippen molar-refractivity contribution in [2.75, 3.05) is 5.32 Å². The zero-order valence-corrected chi connectivity index (χ0v) is 16.2. The number of hydrogen-bond acceptors (Lipinski definition) is 6. The van der Waals surface area contributed by atoms with Crippen LogP contribution in [0.25, 0.3) is 0 Å². The van der Waals surface area contributed by atoms with E-state index in [1.807, 2.05) is 0 Å². The largest absolute Gasteiger partial charge is 0.482 e. The molecule has 0 unspecified atom stereocenters. The van der Waals surface area contributed by atoms with Crippen LogP contribution in [-0.4, -0.2) is 31.7 Å². The standard InChI is InChI=1S/C20H18N4O6/c1-12-6-7-17(16(8-12)24(28)29)30-11-13-4-3-5-14(9-13)19(25)22-15-10-21-23(2)18(15)20(26)27/h3-10H,11H2,1-2H3,(H,22,25)(H,26,27). The smallest absolute Gasteiger partial charge is 0.356 e. The van der Waals surface area contributed by atoms with Crippen molar-refractivity contribution < 1.29 is 24.4 Å². The number of rotatable bonds is 7. The Kier molecular flexibility index (Phi) is 5.77. The molecule has 0 saturated heterocycles. The molecule has 10 nitrogen and oxygen atoms in total. The average molecular weight is 410 g/mol. The van der Waals surface area contributed by atoms with Gasteiger partial charge in [-0.2, -0.15) is 5.10 Å². The second-order valence-corrected chi connectivity index (χ2v) is 6.51. The Morgan fingerprint density at radius 1 is 1.27 bits per heavy atom. The van der Waals surface area contributed by atoms with Gasteiger partial charge >= 0.3 is 11.7 Å². The number of carbonyl (C=O) groups is 2. The summed E-state index contributed by atoms with van der Waals surface area (Å²) in [5.74, 6) is -1.61. The van der Waals surface area contributed by atoms with Crippen LogP contribution in [0.15, 0.2) is 48.7 Å². The van der Waals surface area contributed by atoms with Gasteiger partial charge in [0.15, 0.2) is 11.4 Å². The Balaban J connectivity index is 1.75. The van der Waals surface area contributed by atoms with E-state index in [2.05, 4.69) is 10.4 Å². The van der Waals surface area contributed by atoms with E-state index in [1.165, 1.54) is 25.4 Å². The summed E-state index contributed by atoms with van der Waals surface area (Å²) in [7, 11) is 1.46. The molecule has 2 N–H and O–H groups in total. The zero-order valence-electron chi connectivity index (χ0n) is 16.2. The molecule has 0 aliphatic rings. The molecule has 2 aromatic carbocycles. The summed E-state index contributed by atoms with van der Waals surface area (Å²) in [6, 6.07) is 11.1. The fraction of sp³-hybridized carbons (Fsp3) is 0.150. The van der Waals surface area contributed by atoms with Gasteiger partial charge in [-0.3, -0.25) is 19.6 Å². The van der Waals surface area contributed by atoms with Crippen molar-refractivity contribution in [2.24, 2.45) is 7.05 Å². The first-order valence-electron chi connectivity index (χ1n) is 8.79. The van der Waals surface area contributed by atoms with Crippen molar-refractivity contribution in [1.82, 2.24) is 9.78 Å². The number of hydrogen-bond donors (Lipinski definition) is 2.